The monoisotopic (exact) mass is 558 g/mol. The molecule has 0 aromatic heterocycles. The van der Waals surface area contributed by atoms with Crippen LogP contribution in [0.25, 0.3) is 0 Å². The van der Waals surface area contributed by atoms with Crippen molar-refractivity contribution in [1.29, 1.82) is 0 Å². The number of ether oxygens (including phenoxy) is 4. The summed E-state index contributed by atoms with van der Waals surface area (Å²) in [5, 5.41) is 20.4. The van der Waals surface area contributed by atoms with E-state index in [1.807, 2.05) is 0 Å². The molecule has 8 nitrogen and oxygen atoms in total. The molecule has 6 unspecified atom stereocenters. The van der Waals surface area contributed by atoms with E-state index < -0.39 is 12.2 Å². The Hall–Kier alpha value is -0.320. The van der Waals surface area contributed by atoms with Crippen LogP contribution in [0.3, 0.4) is 0 Å². The van der Waals surface area contributed by atoms with E-state index in [0.29, 0.717) is 51.6 Å². The van der Waals surface area contributed by atoms with E-state index in [9.17, 15) is 10.2 Å². The second kappa shape index (κ2) is 14.7. The first kappa shape index (κ1) is 34.9. The summed E-state index contributed by atoms with van der Waals surface area (Å²) >= 11 is 0. The Morgan fingerprint density at radius 3 is 1.36 bits per heavy atom. The molecule has 0 aromatic rings. The minimum Gasteiger partial charge on any atom is -0.389 e. The highest BCUT2D eigenvalue weighted by Crippen LogP contribution is 2.27. The Kier molecular flexibility index (Phi) is 13.2. The van der Waals surface area contributed by atoms with E-state index in [0.717, 1.165) is 45.2 Å². The molecule has 0 bridgehead atoms. The zero-order valence-corrected chi connectivity index (χ0v) is 26.9. The fourth-order valence-electron chi connectivity index (χ4n) is 4.69. The lowest BCUT2D eigenvalue weighted by molar-refractivity contribution is -0.101. The molecule has 2 aliphatic heterocycles. The number of nitrogens with zero attached hydrogens (tertiary/aromatic N) is 2. The molecule has 0 saturated carbocycles. The number of hydrogen-bond donors (Lipinski definition) is 2. The van der Waals surface area contributed by atoms with Crippen LogP contribution in [-0.4, -0.2) is 119 Å². The minimum absolute atomic E-state index is 0.231. The number of aliphatic hydroxyl groups is 2. The first-order valence-corrected chi connectivity index (χ1v) is 15.3. The third-order valence-corrected chi connectivity index (χ3v) is 8.14. The van der Waals surface area contributed by atoms with Crippen molar-refractivity contribution in [1.82, 2.24) is 9.80 Å². The van der Waals surface area contributed by atoms with Crippen molar-refractivity contribution in [2.75, 3.05) is 52.6 Å². The van der Waals surface area contributed by atoms with Crippen molar-refractivity contribution < 1.29 is 29.2 Å². The fourth-order valence-corrected chi connectivity index (χ4v) is 4.69. The minimum atomic E-state index is -0.445. The van der Waals surface area contributed by atoms with Gasteiger partial charge in [0.2, 0.25) is 0 Å². The summed E-state index contributed by atoms with van der Waals surface area (Å²) in [6, 6.07) is 1.19. The van der Waals surface area contributed by atoms with Gasteiger partial charge in [-0.1, -0.05) is 0 Å². The van der Waals surface area contributed by atoms with Crippen LogP contribution in [0.5, 0.6) is 0 Å². The molecule has 6 atom stereocenters. The van der Waals surface area contributed by atoms with Gasteiger partial charge in [0.05, 0.1) is 54.4 Å². The lowest BCUT2D eigenvalue weighted by Gasteiger charge is -2.33. The molecule has 2 fully saturated rings. The highest BCUT2D eigenvalue weighted by molar-refractivity contribution is 4.87. The number of hydrogen-bond acceptors (Lipinski definition) is 8. The van der Waals surface area contributed by atoms with Crippen LogP contribution in [0.2, 0.25) is 0 Å². The van der Waals surface area contributed by atoms with Crippen LogP contribution in [0, 0.1) is 0 Å². The highest BCUT2D eigenvalue weighted by atomic mass is 16.5. The Bertz CT molecular complexity index is 713. The van der Waals surface area contributed by atoms with Crippen LogP contribution in [0.4, 0.5) is 0 Å². The van der Waals surface area contributed by atoms with E-state index in [1.165, 1.54) is 0 Å². The van der Waals surface area contributed by atoms with Crippen molar-refractivity contribution in [3.63, 3.8) is 0 Å². The third-order valence-electron chi connectivity index (χ3n) is 8.14. The van der Waals surface area contributed by atoms with Gasteiger partial charge < -0.3 is 29.2 Å². The first-order valence-electron chi connectivity index (χ1n) is 15.3. The number of aliphatic hydroxyl groups excluding tert-OH is 2. The molecule has 2 heterocycles. The Morgan fingerprint density at radius 1 is 0.590 bits per heavy atom. The van der Waals surface area contributed by atoms with Crippen molar-refractivity contribution in [2.45, 2.75) is 148 Å². The largest absolute Gasteiger partial charge is 0.389 e. The number of β-amino-alcohol motifs (C(OH)–C–C–N with tert-alkyl or cyclic N) is 2. The maximum absolute atomic E-state index is 10.2. The predicted molar refractivity (Wildman–Crippen MR) is 157 cm³/mol. The average Bonchev–Trinajstić information content (AvgIpc) is 3.71. The van der Waals surface area contributed by atoms with Gasteiger partial charge in [-0.25, -0.2) is 0 Å². The molecular weight excluding hydrogens is 496 g/mol. The Labute approximate surface area is 239 Å². The normalized spacial score (nSPS) is 25.5. The van der Waals surface area contributed by atoms with Gasteiger partial charge in [-0.15, -0.1) is 0 Å². The van der Waals surface area contributed by atoms with Gasteiger partial charge in [-0.05, 0) is 101 Å². The van der Waals surface area contributed by atoms with Gasteiger partial charge in [0, 0.05) is 44.9 Å². The molecule has 2 rings (SSSR count). The molecule has 2 N–H and O–H groups in total. The van der Waals surface area contributed by atoms with Crippen molar-refractivity contribution in [3.8, 4) is 0 Å². The van der Waals surface area contributed by atoms with E-state index in [4.69, 9.17) is 18.9 Å². The second-order valence-electron chi connectivity index (χ2n) is 14.6. The molecule has 0 aromatic carbocycles. The summed E-state index contributed by atoms with van der Waals surface area (Å²) < 4.78 is 24.5. The standard InChI is InChI=1S/C31H62N2O6/c1-24-18-32(24)20-26(34)22-38-28(3,4)12-11-16-36-29(5,6)13-14-30(7,8)37-17-15-31(9,10)39-23-27(35)21-33-19-25(33)2/h24-27,34-35H,11-23H2,1-10H3. The zero-order valence-electron chi connectivity index (χ0n) is 26.9. The topological polar surface area (TPSA) is 83.4 Å². The van der Waals surface area contributed by atoms with Crippen molar-refractivity contribution in [2.24, 2.45) is 0 Å². The molecule has 8 heteroatoms. The molecule has 0 aliphatic carbocycles. The maximum atomic E-state index is 10.2. The van der Waals surface area contributed by atoms with Gasteiger partial charge >= 0.3 is 0 Å². The highest BCUT2D eigenvalue weighted by Gasteiger charge is 2.33. The van der Waals surface area contributed by atoms with Gasteiger partial charge in [0.15, 0.2) is 0 Å². The number of rotatable bonds is 22. The van der Waals surface area contributed by atoms with Crippen LogP contribution < -0.4 is 0 Å². The summed E-state index contributed by atoms with van der Waals surface area (Å²) in [6.45, 7) is 26.8. The van der Waals surface area contributed by atoms with Crippen LogP contribution in [-0.2, 0) is 18.9 Å². The smallest absolute Gasteiger partial charge is 0.0900 e. The average molecular weight is 559 g/mol. The van der Waals surface area contributed by atoms with E-state index in [-0.39, 0.29) is 22.4 Å². The summed E-state index contributed by atoms with van der Waals surface area (Å²) in [6.07, 6.45) is 3.50. The van der Waals surface area contributed by atoms with E-state index in [2.05, 4.69) is 79.0 Å². The molecular formula is C31H62N2O6. The quantitative estimate of drug-likeness (QED) is 0.151. The van der Waals surface area contributed by atoms with Gasteiger partial charge in [-0.2, -0.15) is 0 Å². The van der Waals surface area contributed by atoms with E-state index >= 15 is 0 Å². The summed E-state index contributed by atoms with van der Waals surface area (Å²) in [5.41, 5.74) is -1.10. The summed E-state index contributed by atoms with van der Waals surface area (Å²) in [4.78, 5) is 4.50. The molecule has 39 heavy (non-hydrogen) atoms. The SMILES string of the molecule is CC1CN1CC(O)COC(C)(C)CCCOC(C)(C)CCC(C)(C)OCCC(C)(C)OCC(O)CN1CC1C. The molecule has 0 spiro atoms. The van der Waals surface area contributed by atoms with E-state index in [1.54, 1.807) is 0 Å². The first-order chi connectivity index (χ1) is 17.9. The Morgan fingerprint density at radius 2 is 0.949 bits per heavy atom. The van der Waals surface area contributed by atoms with Gasteiger partial charge in [0.25, 0.3) is 0 Å². The van der Waals surface area contributed by atoms with Crippen molar-refractivity contribution in [3.05, 3.63) is 0 Å². The third kappa shape index (κ3) is 15.5. The summed E-state index contributed by atoms with van der Waals surface area (Å²) in [7, 11) is 0. The summed E-state index contributed by atoms with van der Waals surface area (Å²) in [5.74, 6) is 0. The van der Waals surface area contributed by atoms with Gasteiger partial charge in [-0.3, -0.25) is 9.80 Å². The molecule has 2 saturated heterocycles. The molecule has 0 radical (unpaired) electrons. The maximum Gasteiger partial charge on any atom is 0.0900 e. The molecule has 232 valence electrons. The van der Waals surface area contributed by atoms with Crippen molar-refractivity contribution >= 4 is 0 Å². The fraction of sp³-hybridized carbons (Fsp3) is 1.00. The second-order valence-corrected chi connectivity index (χ2v) is 14.6. The van der Waals surface area contributed by atoms with Crippen LogP contribution in [0.15, 0.2) is 0 Å². The zero-order chi connectivity index (χ0) is 29.5. The molecule has 2 aliphatic rings. The van der Waals surface area contributed by atoms with Crippen LogP contribution in [0.1, 0.15) is 101 Å². The molecule has 0 amide bonds. The lowest BCUT2D eigenvalue weighted by Crippen LogP contribution is -2.36. The van der Waals surface area contributed by atoms with Crippen LogP contribution >= 0.6 is 0 Å². The van der Waals surface area contributed by atoms with Gasteiger partial charge in [0.1, 0.15) is 0 Å². The predicted octanol–water partition coefficient (Wildman–Crippen LogP) is 4.25. The Balaban J connectivity index is 1.56. The lowest BCUT2D eigenvalue weighted by atomic mass is 9.93.